The lowest BCUT2D eigenvalue weighted by atomic mass is 10.1. The molecule has 0 heterocycles. The van der Waals surface area contributed by atoms with Crippen LogP contribution >= 0.6 is 0 Å². The highest BCUT2D eigenvalue weighted by molar-refractivity contribution is 5.26. The first-order valence-corrected chi connectivity index (χ1v) is 5.13. The van der Waals surface area contributed by atoms with E-state index < -0.39 is 17.3 Å². The van der Waals surface area contributed by atoms with E-state index in [0.717, 1.165) is 12.1 Å². The Morgan fingerprint density at radius 2 is 1.94 bits per heavy atom. The monoisotopic (exact) mass is 241 g/mol. The second-order valence-corrected chi connectivity index (χ2v) is 4.32. The Morgan fingerprint density at radius 3 is 2.47 bits per heavy atom. The van der Waals surface area contributed by atoms with Crippen molar-refractivity contribution < 1.29 is 13.2 Å². The van der Waals surface area contributed by atoms with Gasteiger partial charge >= 0.3 is 6.18 Å². The van der Waals surface area contributed by atoms with Gasteiger partial charge in [0, 0.05) is 6.54 Å². The van der Waals surface area contributed by atoms with Crippen molar-refractivity contribution in [2.75, 3.05) is 0 Å². The van der Waals surface area contributed by atoms with Crippen LogP contribution in [0.1, 0.15) is 25.0 Å². The van der Waals surface area contributed by atoms with Gasteiger partial charge in [-0.15, -0.1) is 6.42 Å². The Balaban J connectivity index is 2.78. The summed E-state index contributed by atoms with van der Waals surface area (Å²) in [6.07, 6.45) is 0.969. The molecule has 0 aromatic heterocycles. The van der Waals surface area contributed by atoms with E-state index in [4.69, 9.17) is 6.42 Å². The zero-order valence-electron chi connectivity index (χ0n) is 9.73. The lowest BCUT2D eigenvalue weighted by Crippen LogP contribution is -2.36. The van der Waals surface area contributed by atoms with Crippen molar-refractivity contribution in [1.29, 1.82) is 0 Å². The molecule has 0 fully saturated rings. The molecule has 0 saturated heterocycles. The van der Waals surface area contributed by atoms with Gasteiger partial charge in [-0.25, -0.2) is 0 Å². The van der Waals surface area contributed by atoms with E-state index in [1.54, 1.807) is 19.9 Å². The van der Waals surface area contributed by atoms with Crippen molar-refractivity contribution in [2.24, 2.45) is 0 Å². The quantitative estimate of drug-likeness (QED) is 0.801. The molecule has 0 aliphatic carbocycles. The molecule has 1 rings (SSSR count). The highest BCUT2D eigenvalue weighted by Crippen LogP contribution is 2.29. The summed E-state index contributed by atoms with van der Waals surface area (Å²) in [7, 11) is 0. The SMILES string of the molecule is C#CC(C)(C)NCc1cccc(C(F)(F)F)c1. The molecule has 1 aromatic carbocycles. The molecule has 0 unspecified atom stereocenters. The maximum absolute atomic E-state index is 12.5. The molecule has 0 radical (unpaired) electrons. The van der Waals surface area contributed by atoms with Crippen LogP contribution in [0.3, 0.4) is 0 Å². The van der Waals surface area contributed by atoms with Crippen molar-refractivity contribution in [3.63, 3.8) is 0 Å². The van der Waals surface area contributed by atoms with E-state index in [1.165, 1.54) is 6.07 Å². The number of nitrogens with one attached hydrogen (secondary N) is 1. The first-order chi connectivity index (χ1) is 7.74. The molecule has 0 atom stereocenters. The minimum Gasteiger partial charge on any atom is -0.298 e. The minimum absolute atomic E-state index is 0.307. The summed E-state index contributed by atoms with van der Waals surface area (Å²) in [5, 5.41) is 3.00. The number of benzene rings is 1. The van der Waals surface area contributed by atoms with Crippen molar-refractivity contribution in [2.45, 2.75) is 32.1 Å². The molecule has 17 heavy (non-hydrogen) atoms. The van der Waals surface area contributed by atoms with Crippen LogP contribution in [-0.4, -0.2) is 5.54 Å². The third kappa shape index (κ3) is 4.12. The van der Waals surface area contributed by atoms with Gasteiger partial charge in [-0.05, 0) is 25.5 Å². The fraction of sp³-hybridized carbons (Fsp3) is 0.385. The van der Waals surface area contributed by atoms with Crippen LogP contribution in [-0.2, 0) is 12.7 Å². The third-order valence-electron chi connectivity index (χ3n) is 2.35. The zero-order chi connectivity index (χ0) is 13.1. The molecule has 1 nitrogen and oxygen atoms in total. The predicted molar refractivity (Wildman–Crippen MR) is 61.2 cm³/mol. The lowest BCUT2D eigenvalue weighted by molar-refractivity contribution is -0.137. The molecule has 0 bridgehead atoms. The van der Waals surface area contributed by atoms with Gasteiger partial charge in [0.05, 0.1) is 11.1 Å². The summed E-state index contributed by atoms with van der Waals surface area (Å²) in [5.74, 6) is 2.52. The normalized spacial score (nSPS) is 12.2. The molecule has 4 heteroatoms. The van der Waals surface area contributed by atoms with Crippen LogP contribution in [0.15, 0.2) is 24.3 Å². The zero-order valence-corrected chi connectivity index (χ0v) is 9.73. The van der Waals surface area contributed by atoms with Gasteiger partial charge in [0.15, 0.2) is 0 Å². The Bertz CT molecular complexity index is 427. The Hall–Kier alpha value is -1.47. The van der Waals surface area contributed by atoms with E-state index >= 15 is 0 Å². The van der Waals surface area contributed by atoms with E-state index in [1.807, 2.05) is 0 Å². The molecule has 1 aromatic rings. The summed E-state index contributed by atoms with van der Waals surface area (Å²) in [4.78, 5) is 0. The smallest absolute Gasteiger partial charge is 0.298 e. The van der Waals surface area contributed by atoms with Crippen LogP contribution in [0.2, 0.25) is 0 Å². The van der Waals surface area contributed by atoms with Crippen LogP contribution in [0, 0.1) is 12.3 Å². The van der Waals surface area contributed by atoms with E-state index in [2.05, 4.69) is 11.2 Å². The summed E-state index contributed by atoms with van der Waals surface area (Å²) in [6, 6.07) is 5.20. The van der Waals surface area contributed by atoms with E-state index in [-0.39, 0.29) is 0 Å². The first-order valence-electron chi connectivity index (χ1n) is 5.13. The van der Waals surface area contributed by atoms with Crippen LogP contribution in [0.25, 0.3) is 0 Å². The highest BCUT2D eigenvalue weighted by Gasteiger charge is 2.30. The number of rotatable bonds is 3. The number of hydrogen-bond acceptors (Lipinski definition) is 1. The number of alkyl halides is 3. The van der Waals surface area contributed by atoms with Crippen molar-refractivity contribution in [3.05, 3.63) is 35.4 Å². The number of hydrogen-bond donors (Lipinski definition) is 1. The van der Waals surface area contributed by atoms with Gasteiger partial charge in [-0.1, -0.05) is 24.1 Å². The van der Waals surface area contributed by atoms with Crippen LogP contribution in [0.4, 0.5) is 13.2 Å². The molecular formula is C13H14F3N. The topological polar surface area (TPSA) is 12.0 Å². The summed E-state index contributed by atoms with van der Waals surface area (Å²) in [6.45, 7) is 3.89. The van der Waals surface area contributed by atoms with Gasteiger partial charge in [-0.2, -0.15) is 13.2 Å². The first kappa shape index (κ1) is 13.6. The van der Waals surface area contributed by atoms with E-state index in [0.29, 0.717) is 12.1 Å². The molecule has 0 spiro atoms. The molecular weight excluding hydrogens is 227 g/mol. The summed E-state index contributed by atoms with van der Waals surface area (Å²) in [5.41, 5.74) is -0.618. The number of halogens is 3. The standard InChI is InChI=1S/C13H14F3N/c1-4-12(2,3)17-9-10-6-5-7-11(8-10)13(14,15)16/h1,5-8,17H,9H2,2-3H3. The molecule has 0 aliphatic rings. The maximum Gasteiger partial charge on any atom is 0.416 e. The average molecular weight is 241 g/mol. The fourth-order valence-electron chi connectivity index (χ4n) is 1.23. The predicted octanol–water partition coefficient (Wildman–Crippen LogP) is 3.21. The second-order valence-electron chi connectivity index (χ2n) is 4.32. The molecule has 0 saturated carbocycles. The maximum atomic E-state index is 12.5. The van der Waals surface area contributed by atoms with E-state index in [9.17, 15) is 13.2 Å². The van der Waals surface area contributed by atoms with Crippen molar-refractivity contribution >= 4 is 0 Å². The van der Waals surface area contributed by atoms with Gasteiger partial charge in [0.2, 0.25) is 0 Å². The van der Waals surface area contributed by atoms with Gasteiger partial charge in [0.25, 0.3) is 0 Å². The molecule has 0 aliphatic heterocycles. The van der Waals surface area contributed by atoms with Gasteiger partial charge in [0.1, 0.15) is 0 Å². The Labute approximate surface area is 99.0 Å². The Kier molecular flexibility index (Phi) is 3.84. The highest BCUT2D eigenvalue weighted by atomic mass is 19.4. The van der Waals surface area contributed by atoms with Gasteiger partial charge in [-0.3, -0.25) is 5.32 Å². The largest absolute Gasteiger partial charge is 0.416 e. The van der Waals surface area contributed by atoms with Crippen LogP contribution < -0.4 is 5.32 Å². The number of terminal acetylenes is 1. The summed E-state index contributed by atoms with van der Waals surface area (Å²) >= 11 is 0. The molecule has 92 valence electrons. The van der Waals surface area contributed by atoms with Crippen molar-refractivity contribution in [1.82, 2.24) is 5.32 Å². The molecule has 0 amide bonds. The average Bonchev–Trinajstić information content (AvgIpc) is 2.26. The third-order valence-corrected chi connectivity index (χ3v) is 2.35. The summed E-state index contributed by atoms with van der Waals surface area (Å²) < 4.78 is 37.4. The van der Waals surface area contributed by atoms with Crippen molar-refractivity contribution in [3.8, 4) is 12.3 Å². The van der Waals surface area contributed by atoms with Gasteiger partial charge < -0.3 is 0 Å². The molecule has 1 N–H and O–H groups in total. The fourth-order valence-corrected chi connectivity index (χ4v) is 1.23. The van der Waals surface area contributed by atoms with Crippen LogP contribution in [0.5, 0.6) is 0 Å². The minimum atomic E-state index is -4.31. The second kappa shape index (κ2) is 4.80. The Morgan fingerprint density at radius 1 is 1.29 bits per heavy atom. The lowest BCUT2D eigenvalue weighted by Gasteiger charge is -2.19.